The van der Waals surface area contributed by atoms with Gasteiger partial charge in [-0.05, 0) is 93.6 Å². The zero-order valence-electron chi connectivity index (χ0n) is 36.2. The summed E-state index contributed by atoms with van der Waals surface area (Å²) in [5.74, 6) is 0.291. The Bertz CT molecular complexity index is 3400. The average Bonchev–Trinajstić information content (AvgIpc) is 3.91. The van der Waals surface area contributed by atoms with Gasteiger partial charge in [0.1, 0.15) is 0 Å². The highest BCUT2D eigenvalue weighted by molar-refractivity contribution is 6.17. The number of rotatable bonds is 6. The Morgan fingerprint density at radius 3 is 1.82 bits per heavy atom. The maximum absolute atomic E-state index is 2.71. The molecule has 310 valence electrons. The first kappa shape index (κ1) is 37.7. The summed E-state index contributed by atoms with van der Waals surface area (Å²) in [6, 6.07) is 76.3. The molecule has 13 rings (SSSR count). The normalized spacial score (nSPS) is 21.7. The Morgan fingerprint density at radius 1 is 0.446 bits per heavy atom. The monoisotopic (exact) mass is 833 g/mol. The molecule has 8 aromatic carbocycles. The van der Waals surface area contributed by atoms with Crippen molar-refractivity contribution in [2.45, 2.75) is 24.4 Å². The van der Waals surface area contributed by atoms with Crippen LogP contribution >= 0.6 is 0 Å². The van der Waals surface area contributed by atoms with E-state index in [1.807, 2.05) is 0 Å². The zero-order chi connectivity index (χ0) is 43.1. The molecule has 2 aliphatic heterocycles. The van der Waals surface area contributed by atoms with Crippen molar-refractivity contribution in [1.29, 1.82) is 0 Å². The minimum atomic E-state index is -0.409. The molecule has 0 fully saturated rings. The van der Waals surface area contributed by atoms with E-state index in [-0.39, 0.29) is 23.9 Å². The summed E-state index contributed by atoms with van der Waals surface area (Å²) < 4.78 is 2.48. The van der Waals surface area contributed by atoms with Crippen LogP contribution in [0, 0.1) is 11.8 Å². The molecule has 65 heavy (non-hydrogen) atoms. The van der Waals surface area contributed by atoms with Crippen LogP contribution in [-0.2, 0) is 5.41 Å². The molecule has 3 heterocycles. The van der Waals surface area contributed by atoms with Crippen molar-refractivity contribution in [1.82, 2.24) is 4.57 Å². The van der Waals surface area contributed by atoms with Crippen LogP contribution in [0.1, 0.15) is 18.1 Å². The fraction of sp³-hybridized carbons (Fsp3) is 0.0968. The number of hydrogen-bond acceptors (Lipinski definition) is 2. The molecule has 0 spiro atoms. The van der Waals surface area contributed by atoms with Crippen LogP contribution in [0.3, 0.4) is 0 Å². The fourth-order valence-electron chi connectivity index (χ4n) is 12.0. The van der Waals surface area contributed by atoms with Gasteiger partial charge in [-0.25, -0.2) is 0 Å². The summed E-state index contributed by atoms with van der Waals surface area (Å²) in [5, 5.41) is 2.54. The van der Waals surface area contributed by atoms with Crippen molar-refractivity contribution in [2.75, 3.05) is 9.80 Å². The highest BCUT2D eigenvalue weighted by Crippen LogP contribution is 2.62. The van der Waals surface area contributed by atoms with Gasteiger partial charge in [-0.2, -0.15) is 0 Å². The second kappa shape index (κ2) is 14.9. The number of nitrogens with zero attached hydrogens (tertiary/aromatic N) is 3. The lowest BCUT2D eigenvalue weighted by molar-refractivity contribution is 0.326. The summed E-state index contributed by atoms with van der Waals surface area (Å²) in [6.07, 6.45) is 14.4. The number of allylic oxidation sites excluding steroid dienone is 3. The lowest BCUT2D eigenvalue weighted by Crippen LogP contribution is -2.54. The van der Waals surface area contributed by atoms with Gasteiger partial charge in [0.25, 0.3) is 0 Å². The van der Waals surface area contributed by atoms with E-state index in [1.165, 1.54) is 83.5 Å². The first-order valence-electron chi connectivity index (χ1n) is 23.0. The van der Waals surface area contributed by atoms with Crippen molar-refractivity contribution < 1.29 is 0 Å². The minimum Gasteiger partial charge on any atom is -0.334 e. The van der Waals surface area contributed by atoms with Crippen LogP contribution in [0.25, 0.3) is 49.7 Å². The Morgan fingerprint density at radius 2 is 1.06 bits per heavy atom. The predicted octanol–water partition coefficient (Wildman–Crippen LogP) is 15.0. The molecule has 9 aromatic rings. The smallest absolute Gasteiger partial charge is 0.0626 e. The fourth-order valence-corrected chi connectivity index (χ4v) is 12.0. The summed E-state index contributed by atoms with van der Waals surface area (Å²) in [5.41, 5.74) is 17.3. The highest BCUT2D eigenvalue weighted by Gasteiger charge is 2.57. The molecule has 0 amide bonds. The third kappa shape index (κ3) is 5.68. The number of benzene rings is 8. The summed E-state index contributed by atoms with van der Waals surface area (Å²) in [7, 11) is 0. The molecular weight excluding hydrogens is 787 g/mol. The van der Waals surface area contributed by atoms with Crippen molar-refractivity contribution in [3.63, 3.8) is 0 Å². The lowest BCUT2D eigenvalue weighted by Gasteiger charge is -2.55. The second-order valence-corrected chi connectivity index (χ2v) is 18.1. The van der Waals surface area contributed by atoms with Gasteiger partial charge >= 0.3 is 0 Å². The maximum atomic E-state index is 2.71. The van der Waals surface area contributed by atoms with E-state index in [0.717, 1.165) is 5.69 Å². The Balaban J connectivity index is 1.07. The quantitative estimate of drug-likeness (QED) is 0.165. The van der Waals surface area contributed by atoms with Crippen molar-refractivity contribution >= 4 is 38.9 Å². The van der Waals surface area contributed by atoms with E-state index >= 15 is 0 Å². The van der Waals surface area contributed by atoms with Crippen LogP contribution in [0.15, 0.2) is 254 Å². The Labute approximate surface area is 380 Å². The molecule has 0 bridgehead atoms. The molecule has 3 heteroatoms. The topological polar surface area (TPSA) is 11.4 Å². The lowest BCUT2D eigenvalue weighted by atomic mass is 9.56. The van der Waals surface area contributed by atoms with E-state index in [9.17, 15) is 0 Å². The highest BCUT2D eigenvalue weighted by atomic mass is 15.2. The number of para-hydroxylation sites is 2. The first-order chi connectivity index (χ1) is 32.2. The van der Waals surface area contributed by atoms with Gasteiger partial charge < -0.3 is 14.4 Å². The zero-order valence-corrected chi connectivity index (χ0v) is 36.2. The summed E-state index contributed by atoms with van der Waals surface area (Å²) in [6.45, 7) is 2.55. The van der Waals surface area contributed by atoms with Gasteiger partial charge in [-0.1, -0.05) is 195 Å². The van der Waals surface area contributed by atoms with Gasteiger partial charge in [0, 0.05) is 50.8 Å². The van der Waals surface area contributed by atoms with Crippen molar-refractivity contribution in [3.05, 3.63) is 265 Å². The average molecular weight is 834 g/mol. The molecule has 4 aliphatic rings. The molecule has 0 saturated heterocycles. The number of anilines is 3. The Kier molecular flexibility index (Phi) is 8.61. The van der Waals surface area contributed by atoms with Crippen LogP contribution in [-0.4, -0.2) is 16.7 Å². The van der Waals surface area contributed by atoms with E-state index in [1.54, 1.807) is 0 Å². The van der Waals surface area contributed by atoms with Crippen molar-refractivity contribution in [2.24, 2.45) is 11.8 Å². The molecule has 2 aliphatic carbocycles. The third-order valence-electron chi connectivity index (χ3n) is 14.8. The molecule has 5 unspecified atom stereocenters. The van der Waals surface area contributed by atoms with Crippen molar-refractivity contribution in [3.8, 4) is 27.9 Å². The predicted molar refractivity (Wildman–Crippen MR) is 271 cm³/mol. The van der Waals surface area contributed by atoms with E-state index in [4.69, 9.17) is 0 Å². The van der Waals surface area contributed by atoms with Gasteiger partial charge in [-0.15, -0.1) is 0 Å². The standard InChI is InChI=1S/C62H47N3/c1-62(46-24-10-4-11-25-46)52-37-38-56-59(51-30-15-17-32-54(51)63(56)48-35-33-44(34-36-48)42-19-6-2-7-20-42)61(52)65(47-26-12-5-13-27-47)57-40-39-55-58(60(57)62)50-29-14-16-31-53(50)64(55)49-28-18-23-45(41-49)43-21-8-3-9-22-43/h2-41,50,53,57,60H,1H3. The van der Waals surface area contributed by atoms with Crippen LogP contribution in [0.4, 0.5) is 17.1 Å². The third-order valence-corrected chi connectivity index (χ3v) is 14.8. The maximum Gasteiger partial charge on any atom is 0.0626 e. The molecule has 0 N–H and O–H groups in total. The van der Waals surface area contributed by atoms with Gasteiger partial charge in [0.2, 0.25) is 0 Å². The molecule has 3 nitrogen and oxygen atoms in total. The second-order valence-electron chi connectivity index (χ2n) is 18.1. The number of fused-ring (bicyclic) bond motifs is 9. The largest absolute Gasteiger partial charge is 0.334 e. The summed E-state index contributed by atoms with van der Waals surface area (Å²) >= 11 is 0. The summed E-state index contributed by atoms with van der Waals surface area (Å²) in [4.78, 5) is 5.34. The van der Waals surface area contributed by atoms with Crippen LogP contribution in [0.2, 0.25) is 0 Å². The molecule has 1 aromatic heterocycles. The van der Waals surface area contributed by atoms with Crippen LogP contribution in [0.5, 0.6) is 0 Å². The number of aromatic nitrogens is 1. The number of hydrogen-bond donors (Lipinski definition) is 0. The minimum absolute atomic E-state index is 0.0160. The van der Waals surface area contributed by atoms with Crippen LogP contribution < -0.4 is 9.80 Å². The van der Waals surface area contributed by atoms with Gasteiger partial charge in [-0.3, -0.25) is 0 Å². The van der Waals surface area contributed by atoms with E-state index in [0.29, 0.717) is 0 Å². The molecule has 0 saturated carbocycles. The first-order valence-corrected chi connectivity index (χ1v) is 23.0. The van der Waals surface area contributed by atoms with Gasteiger partial charge in [0.15, 0.2) is 0 Å². The molecular formula is C62H47N3. The SMILES string of the molecule is CC1(c2ccccc2)c2ccc3c(c2N(c2ccccc2)C2C=CC4=C(C5C=CC=CC5N4c4cccc(-c5ccccc5)c4)C21)c1ccccc1n3-c1ccc(-c2ccccc2)cc1. The van der Waals surface area contributed by atoms with E-state index in [2.05, 4.69) is 264 Å². The van der Waals surface area contributed by atoms with Gasteiger partial charge in [0.05, 0.1) is 28.8 Å². The van der Waals surface area contributed by atoms with E-state index < -0.39 is 5.41 Å². The molecule has 0 radical (unpaired) electrons. The Hall–Kier alpha value is -7.88. The molecule has 5 atom stereocenters.